The van der Waals surface area contributed by atoms with Gasteiger partial charge in [0.25, 0.3) is 0 Å². The Hall–Kier alpha value is -3.17. The van der Waals surface area contributed by atoms with Crippen LogP contribution in [0, 0.1) is 0 Å². The maximum Gasteiger partial charge on any atom is 0.245 e. The van der Waals surface area contributed by atoms with Crippen LogP contribution in [0.2, 0.25) is 5.02 Å². The molecule has 35 heavy (non-hydrogen) atoms. The van der Waals surface area contributed by atoms with Gasteiger partial charge in [0, 0.05) is 19.5 Å². The highest BCUT2D eigenvalue weighted by atomic mass is 35.5. The van der Waals surface area contributed by atoms with Crippen molar-refractivity contribution in [2.45, 2.75) is 36.8 Å². The van der Waals surface area contributed by atoms with E-state index in [0.717, 1.165) is 0 Å². The predicted octanol–water partition coefficient (Wildman–Crippen LogP) is 1.86. The molecule has 1 aliphatic carbocycles. The number of hydrogen-bond donors (Lipinski definition) is 1. The van der Waals surface area contributed by atoms with Crippen molar-refractivity contribution in [3.8, 4) is 17.4 Å². The zero-order valence-electron chi connectivity index (χ0n) is 19.1. The number of aromatic nitrogens is 7. The number of ether oxygens (including phenoxy) is 3. The van der Waals surface area contributed by atoms with Crippen molar-refractivity contribution in [2.75, 3.05) is 26.1 Å². The lowest BCUT2D eigenvalue weighted by Gasteiger charge is -2.22. The average molecular weight is 529 g/mol. The molecule has 0 amide bonds. The fourth-order valence-corrected chi connectivity index (χ4v) is 4.68. The van der Waals surface area contributed by atoms with Crippen LogP contribution in [-0.2, 0) is 14.8 Å². The van der Waals surface area contributed by atoms with E-state index in [2.05, 4.69) is 34.9 Å². The summed E-state index contributed by atoms with van der Waals surface area (Å²) in [5.74, 6) is -0.446. The molecule has 3 heterocycles. The van der Waals surface area contributed by atoms with Gasteiger partial charge in [0.2, 0.25) is 27.7 Å². The number of anilines is 1. The van der Waals surface area contributed by atoms with E-state index in [9.17, 15) is 12.8 Å². The molecule has 0 spiro atoms. The molecule has 16 heteroatoms. The van der Waals surface area contributed by atoms with E-state index in [4.69, 9.17) is 25.8 Å². The smallest absolute Gasteiger partial charge is 0.245 e. The Morgan fingerprint density at radius 3 is 2.23 bits per heavy atom. The molecule has 0 aromatic carbocycles. The second-order valence-corrected chi connectivity index (χ2v) is 10.1. The Morgan fingerprint density at radius 1 is 1.11 bits per heavy atom. The van der Waals surface area contributed by atoms with Crippen LogP contribution in [0.4, 0.5) is 10.3 Å². The normalized spacial score (nSPS) is 19.1. The van der Waals surface area contributed by atoms with Crippen molar-refractivity contribution in [3.63, 3.8) is 0 Å². The molecule has 0 aliphatic heterocycles. The van der Waals surface area contributed by atoms with Crippen molar-refractivity contribution >= 4 is 27.6 Å². The summed E-state index contributed by atoms with van der Waals surface area (Å²) in [5, 5.41) is 7.12. The zero-order chi connectivity index (χ0) is 25.3. The van der Waals surface area contributed by atoms with Gasteiger partial charge in [-0.15, -0.1) is 10.2 Å². The fraction of sp³-hybridized carbons (Fsp3) is 0.474. The number of rotatable bonds is 10. The molecule has 0 saturated heterocycles. The molecule has 1 aliphatic rings. The van der Waals surface area contributed by atoms with Gasteiger partial charge < -0.3 is 14.2 Å². The molecule has 3 aromatic heterocycles. The molecule has 1 N–H and O–H groups in total. The summed E-state index contributed by atoms with van der Waals surface area (Å²) in [5.41, 5.74) is 0.117. The maximum atomic E-state index is 14.0. The average Bonchev–Trinajstić information content (AvgIpc) is 3.44. The van der Waals surface area contributed by atoms with Gasteiger partial charge in [-0.2, -0.15) is 9.97 Å². The van der Waals surface area contributed by atoms with Gasteiger partial charge >= 0.3 is 0 Å². The lowest BCUT2D eigenvalue weighted by Crippen LogP contribution is -2.33. The van der Waals surface area contributed by atoms with E-state index in [1.54, 1.807) is 0 Å². The number of nitrogens with one attached hydrogen (secondary N) is 1. The van der Waals surface area contributed by atoms with Crippen LogP contribution in [0.15, 0.2) is 18.7 Å². The third-order valence-corrected chi connectivity index (χ3v) is 7.28. The third kappa shape index (κ3) is 4.83. The molecular formula is C19H22ClFN8O5S. The molecule has 0 radical (unpaired) electrons. The summed E-state index contributed by atoms with van der Waals surface area (Å²) in [4.78, 5) is 16.2. The number of hydrogen-bond acceptors (Lipinski definition) is 11. The molecule has 0 bridgehead atoms. The Balaban J connectivity index is 1.76. The predicted molar refractivity (Wildman–Crippen MR) is 121 cm³/mol. The Morgan fingerprint density at radius 2 is 1.71 bits per heavy atom. The second kappa shape index (κ2) is 9.83. The van der Waals surface area contributed by atoms with Crippen LogP contribution in [0.1, 0.15) is 37.0 Å². The highest BCUT2D eigenvalue weighted by molar-refractivity contribution is 7.93. The molecular weight excluding hydrogens is 507 g/mol. The van der Waals surface area contributed by atoms with Gasteiger partial charge in [0.1, 0.15) is 29.7 Å². The summed E-state index contributed by atoms with van der Waals surface area (Å²) in [6, 6.07) is 0. The first kappa shape index (κ1) is 24.9. The van der Waals surface area contributed by atoms with E-state index in [1.165, 1.54) is 51.5 Å². The van der Waals surface area contributed by atoms with Crippen LogP contribution < -0.4 is 14.2 Å². The van der Waals surface area contributed by atoms with E-state index in [1.807, 2.05) is 0 Å². The highest BCUT2D eigenvalue weighted by Gasteiger charge is 2.45. The standard InChI is InChI=1S/C19H22ClFN8O5S/c1-9(14(32-2)15-22-6-10(20)7-23-15)35(30,31)28-19-27-26-16(11-5-12(11)21)29(19)13-17(33-3)24-8-25-18(13)34-4/h6-9,11-12,14H,5H2,1-4H3,(H,27,28). The van der Waals surface area contributed by atoms with Gasteiger partial charge in [-0.25, -0.2) is 22.8 Å². The summed E-state index contributed by atoms with van der Waals surface area (Å²) >= 11 is 5.83. The summed E-state index contributed by atoms with van der Waals surface area (Å²) < 4.78 is 60.5. The summed E-state index contributed by atoms with van der Waals surface area (Å²) in [6.07, 6.45) is 1.90. The monoisotopic (exact) mass is 528 g/mol. The van der Waals surface area contributed by atoms with Crippen LogP contribution >= 0.6 is 11.6 Å². The molecule has 4 rings (SSSR count). The van der Waals surface area contributed by atoms with E-state index >= 15 is 0 Å². The Bertz CT molecular complexity index is 1290. The molecule has 4 atom stereocenters. The minimum atomic E-state index is -4.19. The quantitative estimate of drug-likeness (QED) is 0.409. The maximum absolute atomic E-state index is 14.0. The topological polar surface area (TPSA) is 156 Å². The molecule has 3 aromatic rings. The van der Waals surface area contributed by atoms with Crippen molar-refractivity contribution < 1.29 is 27.0 Å². The van der Waals surface area contributed by atoms with Crippen LogP contribution in [0.5, 0.6) is 11.8 Å². The lowest BCUT2D eigenvalue weighted by atomic mass is 10.2. The Kier molecular flexibility index (Phi) is 7.00. The first-order valence-electron chi connectivity index (χ1n) is 10.3. The van der Waals surface area contributed by atoms with Gasteiger partial charge in [-0.05, 0) is 13.3 Å². The largest absolute Gasteiger partial charge is 0.479 e. The summed E-state index contributed by atoms with van der Waals surface area (Å²) in [6.45, 7) is 1.42. The molecule has 188 valence electrons. The third-order valence-electron chi connectivity index (χ3n) is 5.40. The van der Waals surface area contributed by atoms with Gasteiger partial charge in [-0.1, -0.05) is 11.6 Å². The number of halogens is 2. The first-order chi connectivity index (χ1) is 16.7. The van der Waals surface area contributed by atoms with Crippen molar-refractivity contribution in [3.05, 3.63) is 35.4 Å². The zero-order valence-corrected chi connectivity index (χ0v) is 20.7. The van der Waals surface area contributed by atoms with Crippen molar-refractivity contribution in [1.29, 1.82) is 0 Å². The van der Waals surface area contributed by atoms with Crippen LogP contribution in [0.3, 0.4) is 0 Å². The van der Waals surface area contributed by atoms with E-state index in [-0.39, 0.29) is 46.5 Å². The van der Waals surface area contributed by atoms with Gasteiger partial charge in [0.15, 0.2) is 11.5 Å². The minimum Gasteiger partial charge on any atom is -0.479 e. The van der Waals surface area contributed by atoms with Crippen LogP contribution in [-0.4, -0.2) is 75.9 Å². The Labute approximate surface area is 205 Å². The van der Waals surface area contributed by atoms with Crippen molar-refractivity contribution in [1.82, 2.24) is 34.7 Å². The lowest BCUT2D eigenvalue weighted by molar-refractivity contribution is 0.0950. The number of sulfonamides is 1. The molecule has 13 nitrogen and oxygen atoms in total. The SMILES string of the molecule is COc1ncnc(OC)c1-n1c(NS(=O)(=O)C(C)C(OC)c2ncc(Cl)cn2)nnc1C1CC1F. The molecule has 1 saturated carbocycles. The first-order valence-corrected chi connectivity index (χ1v) is 12.2. The molecule has 4 unspecified atom stereocenters. The minimum absolute atomic E-state index is 0.0480. The van der Waals surface area contributed by atoms with Gasteiger partial charge in [-0.3, -0.25) is 9.29 Å². The summed E-state index contributed by atoms with van der Waals surface area (Å²) in [7, 11) is -0.118. The fourth-order valence-electron chi connectivity index (χ4n) is 3.45. The van der Waals surface area contributed by atoms with Crippen molar-refractivity contribution in [2.24, 2.45) is 0 Å². The van der Waals surface area contributed by atoms with Gasteiger partial charge in [0.05, 0.1) is 25.2 Å². The highest BCUT2D eigenvalue weighted by Crippen LogP contribution is 2.45. The van der Waals surface area contributed by atoms with E-state index < -0.39 is 33.5 Å². The van der Waals surface area contributed by atoms with Crippen LogP contribution in [0.25, 0.3) is 5.69 Å². The number of alkyl halides is 1. The molecule has 1 fully saturated rings. The van der Waals surface area contributed by atoms with E-state index in [0.29, 0.717) is 0 Å². The number of nitrogens with zero attached hydrogens (tertiary/aromatic N) is 7. The second-order valence-electron chi connectivity index (χ2n) is 7.58. The number of methoxy groups -OCH3 is 3.